The van der Waals surface area contributed by atoms with E-state index in [4.69, 9.17) is 4.74 Å². The van der Waals surface area contributed by atoms with Gasteiger partial charge in [-0.1, -0.05) is 13.0 Å². The van der Waals surface area contributed by atoms with Gasteiger partial charge in [-0.3, -0.25) is 0 Å². The largest absolute Gasteiger partial charge is 0.383 e. The Morgan fingerprint density at radius 2 is 2.00 bits per heavy atom. The number of ether oxygens (including phenoxy) is 1. The van der Waals surface area contributed by atoms with Crippen molar-refractivity contribution in [2.75, 3.05) is 20.3 Å². The van der Waals surface area contributed by atoms with Crippen molar-refractivity contribution in [2.24, 2.45) is 0 Å². The molecule has 0 saturated heterocycles. The fraction of sp³-hybridized carbons (Fsp3) is 0.571. The van der Waals surface area contributed by atoms with Crippen molar-refractivity contribution >= 4 is 10.0 Å². The highest BCUT2D eigenvalue weighted by Crippen LogP contribution is 2.19. The number of hydrogen-bond donors (Lipinski definition) is 2. The summed E-state index contributed by atoms with van der Waals surface area (Å²) in [6.07, 6.45) is 0. The summed E-state index contributed by atoms with van der Waals surface area (Å²) in [6, 6.07) is 3.78. The first-order chi connectivity index (χ1) is 9.72. The average Bonchev–Trinajstić information content (AvgIpc) is 2.35. The van der Waals surface area contributed by atoms with Crippen molar-refractivity contribution in [3.8, 4) is 0 Å². The second-order valence-corrected chi connectivity index (χ2v) is 7.11. The van der Waals surface area contributed by atoms with Crippen LogP contribution in [-0.2, 0) is 21.3 Å². The van der Waals surface area contributed by atoms with Gasteiger partial charge in [-0.2, -0.15) is 0 Å². The molecule has 0 bridgehead atoms. The van der Waals surface area contributed by atoms with Crippen LogP contribution < -0.4 is 10.0 Å². The van der Waals surface area contributed by atoms with Gasteiger partial charge in [0.2, 0.25) is 10.0 Å². The van der Waals surface area contributed by atoms with Gasteiger partial charge in [0.1, 0.15) is 5.82 Å². The van der Waals surface area contributed by atoms with Crippen LogP contribution in [0.25, 0.3) is 0 Å². The molecule has 0 fully saturated rings. The maximum Gasteiger partial charge on any atom is 0.241 e. The quantitative estimate of drug-likeness (QED) is 0.765. The molecule has 0 aliphatic heterocycles. The number of benzene rings is 1. The number of hydrogen-bond acceptors (Lipinski definition) is 4. The lowest BCUT2D eigenvalue weighted by molar-refractivity contribution is 0.141. The summed E-state index contributed by atoms with van der Waals surface area (Å²) < 4.78 is 46.0. The predicted octanol–water partition coefficient (Wildman–Crippen LogP) is 1.64. The Kier molecular flexibility index (Phi) is 6.27. The Morgan fingerprint density at radius 1 is 1.33 bits per heavy atom. The molecule has 0 unspecified atom stereocenters. The van der Waals surface area contributed by atoms with Gasteiger partial charge < -0.3 is 10.1 Å². The van der Waals surface area contributed by atoms with Crippen LogP contribution in [0.2, 0.25) is 0 Å². The Bertz CT molecular complexity index is 574. The standard InChI is InChI=1S/C14H23FN2O3S/c1-5-16-9-11-6-7-12(15)8-13(11)21(18,19)17-14(2,3)10-20-4/h6-8,16-17H,5,9-10H2,1-4H3. The predicted molar refractivity (Wildman–Crippen MR) is 80.1 cm³/mol. The van der Waals surface area contributed by atoms with Gasteiger partial charge in [-0.05, 0) is 38.1 Å². The Labute approximate surface area is 125 Å². The van der Waals surface area contributed by atoms with E-state index in [1.54, 1.807) is 13.8 Å². The lowest BCUT2D eigenvalue weighted by atomic mass is 10.1. The van der Waals surface area contributed by atoms with Crippen molar-refractivity contribution in [1.29, 1.82) is 0 Å². The summed E-state index contributed by atoms with van der Waals surface area (Å²) in [6.45, 7) is 6.59. The van der Waals surface area contributed by atoms with Crippen molar-refractivity contribution in [1.82, 2.24) is 10.0 Å². The Morgan fingerprint density at radius 3 is 2.57 bits per heavy atom. The molecule has 1 rings (SSSR count). The summed E-state index contributed by atoms with van der Waals surface area (Å²) in [5, 5.41) is 3.05. The maximum atomic E-state index is 13.4. The third-order valence-electron chi connectivity index (χ3n) is 2.80. The first kappa shape index (κ1) is 18.0. The van der Waals surface area contributed by atoms with Crippen LogP contribution >= 0.6 is 0 Å². The lowest BCUT2D eigenvalue weighted by Gasteiger charge is -2.25. The highest BCUT2D eigenvalue weighted by atomic mass is 32.2. The molecule has 21 heavy (non-hydrogen) atoms. The van der Waals surface area contributed by atoms with Crippen LogP contribution in [0.15, 0.2) is 23.1 Å². The first-order valence-electron chi connectivity index (χ1n) is 6.74. The highest BCUT2D eigenvalue weighted by Gasteiger charge is 2.28. The minimum atomic E-state index is -3.83. The molecule has 2 N–H and O–H groups in total. The normalized spacial score (nSPS) is 12.6. The molecule has 0 spiro atoms. The van der Waals surface area contributed by atoms with E-state index in [2.05, 4.69) is 10.0 Å². The van der Waals surface area contributed by atoms with Crippen LogP contribution in [0.1, 0.15) is 26.3 Å². The van der Waals surface area contributed by atoms with Crippen LogP contribution in [0.3, 0.4) is 0 Å². The van der Waals surface area contributed by atoms with Gasteiger partial charge in [0.15, 0.2) is 0 Å². The van der Waals surface area contributed by atoms with Gasteiger partial charge in [-0.15, -0.1) is 0 Å². The number of sulfonamides is 1. The molecule has 0 radical (unpaired) electrons. The van der Waals surface area contributed by atoms with Gasteiger partial charge in [0, 0.05) is 13.7 Å². The zero-order chi connectivity index (χ0) is 16.1. The van der Waals surface area contributed by atoms with Crippen molar-refractivity contribution in [3.05, 3.63) is 29.6 Å². The molecule has 0 heterocycles. The van der Waals surface area contributed by atoms with E-state index in [-0.39, 0.29) is 11.5 Å². The zero-order valence-corrected chi connectivity index (χ0v) is 13.7. The molecule has 0 saturated carbocycles. The van der Waals surface area contributed by atoms with E-state index in [1.807, 2.05) is 6.92 Å². The molecule has 0 atom stereocenters. The fourth-order valence-electron chi connectivity index (χ4n) is 1.99. The highest BCUT2D eigenvalue weighted by molar-refractivity contribution is 7.89. The summed E-state index contributed by atoms with van der Waals surface area (Å²) in [4.78, 5) is -0.0485. The van der Waals surface area contributed by atoms with Crippen LogP contribution in [-0.4, -0.2) is 34.2 Å². The minimum absolute atomic E-state index is 0.0485. The summed E-state index contributed by atoms with van der Waals surface area (Å²) in [5.41, 5.74) is -0.256. The molecule has 0 aliphatic rings. The Hall–Kier alpha value is -1.02. The van der Waals surface area contributed by atoms with Gasteiger partial charge >= 0.3 is 0 Å². The third kappa shape index (κ3) is 5.35. The molecule has 0 aromatic heterocycles. The topological polar surface area (TPSA) is 67.4 Å². The second-order valence-electron chi connectivity index (χ2n) is 5.45. The molecular weight excluding hydrogens is 295 g/mol. The lowest BCUT2D eigenvalue weighted by Crippen LogP contribution is -2.46. The Balaban J connectivity index is 3.14. The van der Waals surface area contributed by atoms with Crippen molar-refractivity contribution < 1.29 is 17.5 Å². The second kappa shape index (κ2) is 7.31. The van der Waals surface area contributed by atoms with Crippen molar-refractivity contribution in [2.45, 2.75) is 37.8 Å². The molecule has 5 nitrogen and oxygen atoms in total. The van der Waals surface area contributed by atoms with Crippen LogP contribution in [0, 0.1) is 5.82 Å². The van der Waals surface area contributed by atoms with E-state index in [1.165, 1.54) is 19.2 Å². The van der Waals surface area contributed by atoms with Gasteiger partial charge in [0.05, 0.1) is 17.0 Å². The first-order valence-corrected chi connectivity index (χ1v) is 8.22. The number of methoxy groups -OCH3 is 1. The summed E-state index contributed by atoms with van der Waals surface area (Å²) in [7, 11) is -2.34. The summed E-state index contributed by atoms with van der Waals surface area (Å²) in [5.74, 6) is -0.583. The maximum absolute atomic E-state index is 13.4. The minimum Gasteiger partial charge on any atom is -0.383 e. The van der Waals surface area contributed by atoms with Gasteiger partial charge in [0.25, 0.3) is 0 Å². The molecule has 1 aromatic carbocycles. The van der Waals surface area contributed by atoms with Crippen molar-refractivity contribution in [3.63, 3.8) is 0 Å². The molecule has 7 heteroatoms. The van der Waals surface area contributed by atoms with E-state index >= 15 is 0 Å². The molecule has 0 amide bonds. The molecule has 0 aliphatic carbocycles. The number of halogens is 1. The van der Waals surface area contributed by atoms with Gasteiger partial charge in [-0.25, -0.2) is 17.5 Å². The number of rotatable bonds is 8. The molecule has 120 valence electrons. The monoisotopic (exact) mass is 318 g/mol. The SMILES string of the molecule is CCNCc1ccc(F)cc1S(=O)(=O)NC(C)(C)COC. The molecular formula is C14H23FN2O3S. The zero-order valence-electron chi connectivity index (χ0n) is 12.9. The van der Waals surface area contributed by atoms with E-state index in [0.717, 1.165) is 6.07 Å². The van der Waals surface area contributed by atoms with Crippen LogP contribution in [0.5, 0.6) is 0 Å². The average molecular weight is 318 g/mol. The smallest absolute Gasteiger partial charge is 0.241 e. The van der Waals surface area contributed by atoms with E-state index < -0.39 is 21.4 Å². The van der Waals surface area contributed by atoms with E-state index in [9.17, 15) is 12.8 Å². The van der Waals surface area contributed by atoms with E-state index in [0.29, 0.717) is 18.7 Å². The summed E-state index contributed by atoms with van der Waals surface area (Å²) >= 11 is 0. The molecule has 1 aromatic rings. The van der Waals surface area contributed by atoms with Crippen LogP contribution in [0.4, 0.5) is 4.39 Å². The third-order valence-corrected chi connectivity index (χ3v) is 4.58. The fourth-order valence-corrected chi connectivity index (χ4v) is 3.64. The number of nitrogens with one attached hydrogen (secondary N) is 2.